The van der Waals surface area contributed by atoms with Gasteiger partial charge in [0, 0.05) is 0 Å². The van der Waals surface area contributed by atoms with Gasteiger partial charge in [-0.15, -0.1) is 5.10 Å². The van der Waals surface area contributed by atoms with Gasteiger partial charge in [0.2, 0.25) is 0 Å². The van der Waals surface area contributed by atoms with Crippen LogP contribution >= 0.6 is 23.8 Å². The number of hydrogen-bond donors (Lipinski definition) is 0. The van der Waals surface area contributed by atoms with Crippen molar-refractivity contribution >= 4 is 34.8 Å². The first kappa shape index (κ1) is 7.14. The van der Waals surface area contributed by atoms with Gasteiger partial charge in [-0.3, -0.25) is 4.79 Å². The van der Waals surface area contributed by atoms with Crippen molar-refractivity contribution in [2.45, 2.75) is 0 Å². The van der Waals surface area contributed by atoms with Crippen molar-refractivity contribution in [1.29, 1.82) is 0 Å². The predicted molar refractivity (Wildman–Crippen MR) is 39.3 cm³/mol. The van der Waals surface area contributed by atoms with Crippen LogP contribution in [0.2, 0.25) is 0 Å². The molecule has 0 unspecified atom stereocenters. The smallest absolute Gasteiger partial charge is 0.265 e. The quantitative estimate of drug-likeness (QED) is 0.463. The van der Waals surface area contributed by atoms with Crippen LogP contribution in [0.1, 0.15) is 9.67 Å². The summed E-state index contributed by atoms with van der Waals surface area (Å²) in [6.45, 7) is 0. The second kappa shape index (κ2) is 3.26. The van der Waals surface area contributed by atoms with Gasteiger partial charge in [-0.25, -0.2) is 0 Å². The molecule has 10 heavy (non-hydrogen) atoms. The molecule has 0 bridgehead atoms. The molecule has 0 fully saturated rings. The Hall–Kier alpha value is -0.970. The summed E-state index contributed by atoms with van der Waals surface area (Å²) in [6.07, 6.45) is 1.34. The normalized spacial score (nSPS) is 8.40. The largest absolute Gasteiger partial charge is 0.299 e. The van der Waals surface area contributed by atoms with E-state index >= 15 is 0 Å². The van der Waals surface area contributed by atoms with Crippen molar-refractivity contribution in [3.8, 4) is 0 Å². The second-order valence-electron chi connectivity index (χ2n) is 1.29. The third-order valence-electron chi connectivity index (χ3n) is 0.719. The number of nitrogens with zero attached hydrogens (tertiary/aromatic N) is 3. The summed E-state index contributed by atoms with van der Waals surface area (Å²) < 4.78 is 3.47. The van der Waals surface area contributed by atoms with Gasteiger partial charge >= 0.3 is 0 Å². The van der Waals surface area contributed by atoms with Crippen LogP contribution in [0.25, 0.3) is 0 Å². The van der Waals surface area contributed by atoms with Crippen molar-refractivity contribution in [2.24, 2.45) is 4.99 Å². The van der Waals surface area contributed by atoms with Gasteiger partial charge in [0.1, 0.15) is 4.88 Å². The Morgan fingerprint density at radius 2 is 2.70 bits per heavy atom. The molecule has 50 valence electrons. The van der Waals surface area contributed by atoms with Gasteiger partial charge < -0.3 is 0 Å². The average Bonchev–Trinajstić information content (AvgIpc) is 2.38. The molecule has 0 saturated carbocycles. The minimum absolute atomic E-state index is 0.373. The number of hydrogen-bond acceptors (Lipinski definition) is 5. The highest BCUT2D eigenvalue weighted by atomic mass is 32.1. The first-order chi connectivity index (χ1) is 4.84. The molecular weight excluding hydrogens is 170 g/mol. The number of aliphatic imine (C=N–C) groups is 1. The predicted octanol–water partition coefficient (Wildman–Crippen LogP) is 0.781. The van der Waals surface area contributed by atoms with Crippen LogP contribution in [0.4, 0.5) is 0 Å². The fraction of sp³-hybridized carbons (Fsp3) is 0. The van der Waals surface area contributed by atoms with E-state index < -0.39 is 5.91 Å². The second-order valence-corrected chi connectivity index (χ2v) is 2.26. The molecule has 0 aliphatic carbocycles. The first-order valence-corrected chi connectivity index (χ1v) is 3.42. The molecule has 0 aliphatic heterocycles. The highest BCUT2D eigenvalue weighted by Gasteiger charge is 2.04. The molecule has 6 heteroatoms. The van der Waals surface area contributed by atoms with Crippen LogP contribution in [-0.4, -0.2) is 20.7 Å². The molecule has 0 spiro atoms. The molecule has 0 saturated heterocycles. The van der Waals surface area contributed by atoms with Crippen LogP contribution in [0.3, 0.4) is 0 Å². The summed E-state index contributed by atoms with van der Waals surface area (Å²) in [5.41, 5.74) is 0. The monoisotopic (exact) mass is 171 g/mol. The van der Waals surface area contributed by atoms with Gasteiger partial charge in [-0.2, -0.15) is 4.99 Å². The molecule has 1 aromatic rings. The molecule has 0 atom stereocenters. The van der Waals surface area contributed by atoms with E-state index in [4.69, 9.17) is 0 Å². The van der Waals surface area contributed by atoms with Gasteiger partial charge in [0.25, 0.3) is 5.91 Å². The zero-order valence-corrected chi connectivity index (χ0v) is 6.28. The van der Waals surface area contributed by atoms with Crippen molar-refractivity contribution < 1.29 is 4.79 Å². The Morgan fingerprint density at radius 1 is 1.90 bits per heavy atom. The minimum Gasteiger partial charge on any atom is -0.265 e. The van der Waals surface area contributed by atoms with E-state index in [0.29, 0.717) is 4.88 Å². The number of aromatic nitrogens is 2. The van der Waals surface area contributed by atoms with Crippen LogP contribution in [-0.2, 0) is 0 Å². The molecule has 1 aromatic heterocycles. The number of amides is 1. The van der Waals surface area contributed by atoms with Crippen LogP contribution in [0.5, 0.6) is 0 Å². The lowest BCUT2D eigenvalue weighted by atomic mass is 10.5. The summed E-state index contributed by atoms with van der Waals surface area (Å²) >= 11 is 5.21. The summed E-state index contributed by atoms with van der Waals surface area (Å²) in [5.74, 6) is -0.440. The Balaban J connectivity index is 2.87. The molecule has 0 aliphatic rings. The molecule has 1 heterocycles. The lowest BCUT2D eigenvalue weighted by molar-refractivity contribution is 0.101. The van der Waals surface area contributed by atoms with Gasteiger partial charge in [0.05, 0.1) is 11.4 Å². The third kappa shape index (κ3) is 1.51. The molecule has 0 N–H and O–H groups in total. The molecule has 4 nitrogen and oxygen atoms in total. The molecule has 0 aromatic carbocycles. The van der Waals surface area contributed by atoms with E-state index in [1.165, 1.54) is 6.20 Å². The van der Waals surface area contributed by atoms with Crippen molar-refractivity contribution in [2.75, 3.05) is 0 Å². The Morgan fingerprint density at radius 3 is 3.20 bits per heavy atom. The Labute approximate surface area is 65.8 Å². The van der Waals surface area contributed by atoms with Gasteiger partial charge in [-0.1, -0.05) is 4.49 Å². The zero-order valence-electron chi connectivity index (χ0n) is 4.64. The number of thiocarbonyl (C=S) groups is 1. The zero-order chi connectivity index (χ0) is 7.40. The van der Waals surface area contributed by atoms with Crippen molar-refractivity contribution in [1.82, 2.24) is 9.59 Å². The lowest BCUT2D eigenvalue weighted by Gasteiger charge is -1.77. The van der Waals surface area contributed by atoms with E-state index in [1.807, 2.05) is 5.16 Å². The van der Waals surface area contributed by atoms with E-state index in [0.717, 1.165) is 11.5 Å². The molecule has 0 radical (unpaired) electrons. The van der Waals surface area contributed by atoms with E-state index in [1.54, 1.807) is 0 Å². The maximum Gasteiger partial charge on any atom is 0.299 e. The highest BCUT2D eigenvalue weighted by Crippen LogP contribution is 2.02. The van der Waals surface area contributed by atoms with E-state index in [2.05, 4.69) is 26.8 Å². The summed E-state index contributed by atoms with van der Waals surface area (Å²) in [5, 5.41) is 5.42. The number of rotatable bonds is 1. The van der Waals surface area contributed by atoms with Crippen LogP contribution in [0, 0.1) is 0 Å². The topological polar surface area (TPSA) is 55.2 Å². The Bertz CT molecular complexity index is 275. The minimum atomic E-state index is -0.440. The van der Waals surface area contributed by atoms with Gasteiger partial charge in [0.15, 0.2) is 0 Å². The summed E-state index contributed by atoms with van der Waals surface area (Å²) in [4.78, 5) is 14.3. The fourth-order valence-corrected chi connectivity index (χ4v) is 0.841. The molecule has 1 amide bonds. The highest BCUT2D eigenvalue weighted by molar-refractivity contribution is 7.78. The lowest BCUT2D eigenvalue weighted by Crippen LogP contribution is -1.87. The van der Waals surface area contributed by atoms with E-state index in [9.17, 15) is 4.79 Å². The van der Waals surface area contributed by atoms with Crippen molar-refractivity contribution in [3.63, 3.8) is 0 Å². The molecule has 1 rings (SSSR count). The van der Waals surface area contributed by atoms with E-state index in [-0.39, 0.29) is 0 Å². The Kier molecular flexibility index (Phi) is 2.33. The number of isothiocyanates is 1. The standard InChI is InChI=1S/C4HN3OS2/c8-4(5-2-9)3-1-6-7-10-3/h1H. The summed E-state index contributed by atoms with van der Waals surface area (Å²) in [7, 11) is 0. The average molecular weight is 171 g/mol. The molecular formula is C4HN3OS2. The van der Waals surface area contributed by atoms with Crippen LogP contribution in [0.15, 0.2) is 11.2 Å². The SMILES string of the molecule is O=C(N=C=S)c1cnns1. The van der Waals surface area contributed by atoms with Gasteiger partial charge in [-0.05, 0) is 23.8 Å². The van der Waals surface area contributed by atoms with Crippen LogP contribution < -0.4 is 0 Å². The maximum atomic E-state index is 10.7. The first-order valence-electron chi connectivity index (χ1n) is 2.24. The maximum absolute atomic E-state index is 10.7. The summed E-state index contributed by atoms with van der Waals surface area (Å²) in [6, 6.07) is 0. The van der Waals surface area contributed by atoms with Crippen molar-refractivity contribution in [3.05, 3.63) is 11.1 Å². The third-order valence-corrected chi connectivity index (χ3v) is 1.46. The number of carbonyl (C=O) groups excluding carboxylic acids is 1. The fourth-order valence-electron chi connectivity index (χ4n) is 0.358. The number of carbonyl (C=O) groups is 1.